The minimum absolute atomic E-state index is 0.158. The number of amides is 2. The number of piperazine rings is 1. The molecule has 6 heteroatoms. The third kappa shape index (κ3) is 3.79. The lowest BCUT2D eigenvalue weighted by molar-refractivity contribution is -0.155. The summed E-state index contributed by atoms with van der Waals surface area (Å²) in [7, 11) is 3.28. The van der Waals surface area contributed by atoms with Crippen LogP contribution in [0.3, 0.4) is 0 Å². The average molecular weight is 406 g/mol. The monoisotopic (exact) mass is 405 g/mol. The number of carbonyl (C=O) groups is 2. The van der Waals surface area contributed by atoms with Crippen LogP contribution in [-0.2, 0) is 16.0 Å². The minimum atomic E-state index is -0.982. The standard InChI is InChI=1S/C23H23N3O2S/c1-23(14-16-8-6-5-7-9-16)22(28)25(2)20(21(27)26(23)3)13-18-12-19(29-4)11-10-17(18)15-24/h5-13H,14H2,1-4H3. The van der Waals surface area contributed by atoms with E-state index >= 15 is 0 Å². The molecule has 1 heterocycles. The number of nitriles is 1. The van der Waals surface area contributed by atoms with Crippen LogP contribution in [0.1, 0.15) is 23.6 Å². The second-order valence-electron chi connectivity index (χ2n) is 7.26. The molecule has 0 spiro atoms. The molecule has 1 aliphatic heterocycles. The zero-order valence-electron chi connectivity index (χ0n) is 17.0. The fraction of sp³-hybridized carbons (Fsp3) is 0.261. The average Bonchev–Trinajstić information content (AvgIpc) is 2.75. The zero-order chi connectivity index (χ0) is 21.2. The molecule has 29 heavy (non-hydrogen) atoms. The van der Waals surface area contributed by atoms with Gasteiger partial charge in [0.2, 0.25) is 0 Å². The number of benzene rings is 2. The molecular weight excluding hydrogens is 382 g/mol. The highest BCUT2D eigenvalue weighted by molar-refractivity contribution is 7.98. The molecule has 0 aromatic heterocycles. The van der Waals surface area contributed by atoms with Gasteiger partial charge in [0.05, 0.1) is 11.6 Å². The molecule has 5 nitrogen and oxygen atoms in total. The summed E-state index contributed by atoms with van der Waals surface area (Å²) in [5.41, 5.74) is 1.36. The smallest absolute Gasteiger partial charge is 0.271 e. The highest BCUT2D eigenvalue weighted by atomic mass is 32.2. The maximum Gasteiger partial charge on any atom is 0.271 e. The Balaban J connectivity index is 2.02. The Morgan fingerprint density at radius 3 is 2.45 bits per heavy atom. The number of thioether (sulfide) groups is 1. The second kappa shape index (κ2) is 8.14. The highest BCUT2D eigenvalue weighted by Crippen LogP contribution is 2.32. The normalized spacial score (nSPS) is 20.9. The van der Waals surface area contributed by atoms with Crippen molar-refractivity contribution in [3.05, 3.63) is 70.9 Å². The first-order valence-electron chi connectivity index (χ1n) is 9.22. The van der Waals surface area contributed by atoms with Crippen molar-refractivity contribution in [3.8, 4) is 6.07 Å². The number of hydrogen-bond acceptors (Lipinski definition) is 4. The summed E-state index contributed by atoms with van der Waals surface area (Å²) in [6, 6.07) is 17.3. The van der Waals surface area contributed by atoms with Crippen LogP contribution < -0.4 is 0 Å². The van der Waals surface area contributed by atoms with E-state index in [1.165, 1.54) is 9.80 Å². The van der Waals surface area contributed by atoms with Gasteiger partial charge < -0.3 is 9.80 Å². The van der Waals surface area contributed by atoms with Gasteiger partial charge in [-0.15, -0.1) is 11.8 Å². The number of rotatable bonds is 4. The fourth-order valence-corrected chi connectivity index (χ4v) is 3.98. The van der Waals surface area contributed by atoms with Gasteiger partial charge in [-0.2, -0.15) is 5.26 Å². The van der Waals surface area contributed by atoms with E-state index in [1.54, 1.807) is 44.9 Å². The molecule has 1 saturated heterocycles. The Morgan fingerprint density at radius 1 is 1.14 bits per heavy atom. The summed E-state index contributed by atoms with van der Waals surface area (Å²) in [6.45, 7) is 1.79. The van der Waals surface area contributed by atoms with Gasteiger partial charge in [-0.1, -0.05) is 30.3 Å². The lowest BCUT2D eigenvalue weighted by atomic mass is 9.87. The van der Waals surface area contributed by atoms with Crippen molar-refractivity contribution in [1.29, 1.82) is 5.26 Å². The molecule has 0 aliphatic carbocycles. The first kappa shape index (κ1) is 20.7. The molecule has 0 saturated carbocycles. The van der Waals surface area contributed by atoms with Gasteiger partial charge in [-0.25, -0.2) is 0 Å². The maximum atomic E-state index is 13.3. The molecule has 1 unspecified atom stereocenters. The van der Waals surface area contributed by atoms with E-state index in [9.17, 15) is 14.9 Å². The number of hydrogen-bond donors (Lipinski definition) is 0. The number of carbonyl (C=O) groups excluding carboxylic acids is 2. The zero-order valence-corrected chi connectivity index (χ0v) is 17.8. The van der Waals surface area contributed by atoms with Crippen molar-refractivity contribution >= 4 is 29.7 Å². The molecule has 3 rings (SSSR count). The van der Waals surface area contributed by atoms with Crippen molar-refractivity contribution in [2.45, 2.75) is 23.8 Å². The van der Waals surface area contributed by atoms with Crippen LogP contribution in [0.25, 0.3) is 6.08 Å². The van der Waals surface area contributed by atoms with E-state index in [1.807, 2.05) is 48.7 Å². The van der Waals surface area contributed by atoms with Gasteiger partial charge in [0, 0.05) is 25.4 Å². The van der Waals surface area contributed by atoms with Crippen LogP contribution >= 0.6 is 11.8 Å². The first-order chi connectivity index (χ1) is 13.8. The van der Waals surface area contributed by atoms with Crippen LogP contribution in [-0.4, -0.2) is 47.5 Å². The van der Waals surface area contributed by atoms with Crippen LogP contribution in [0.15, 0.2) is 59.1 Å². The molecule has 1 aliphatic rings. The summed E-state index contributed by atoms with van der Waals surface area (Å²) in [4.78, 5) is 30.4. The molecule has 148 valence electrons. The van der Waals surface area contributed by atoms with Crippen molar-refractivity contribution in [3.63, 3.8) is 0 Å². The predicted octanol–water partition coefficient (Wildman–Crippen LogP) is 3.55. The summed E-state index contributed by atoms with van der Waals surface area (Å²) < 4.78 is 0. The first-order valence-corrected chi connectivity index (χ1v) is 10.4. The van der Waals surface area contributed by atoms with Gasteiger partial charge >= 0.3 is 0 Å². The van der Waals surface area contributed by atoms with Gasteiger partial charge in [-0.05, 0) is 48.6 Å². The topological polar surface area (TPSA) is 64.4 Å². The molecule has 1 fully saturated rings. The van der Waals surface area contributed by atoms with Crippen LogP contribution in [0, 0.1) is 11.3 Å². The Bertz CT molecular complexity index is 1030. The van der Waals surface area contributed by atoms with Gasteiger partial charge in [0.25, 0.3) is 11.8 Å². The Morgan fingerprint density at radius 2 is 1.83 bits per heavy atom. The summed E-state index contributed by atoms with van der Waals surface area (Å²) in [5.74, 6) is -0.404. The Kier molecular flexibility index (Phi) is 5.81. The van der Waals surface area contributed by atoms with E-state index < -0.39 is 5.54 Å². The SMILES string of the molecule is CSc1ccc(C#N)c(C=C2C(=O)N(C)C(C)(Cc3ccccc3)C(=O)N2C)c1. The lowest BCUT2D eigenvalue weighted by Crippen LogP contribution is -2.64. The molecule has 1 atom stereocenters. The van der Waals surface area contributed by atoms with Gasteiger partial charge in [0.15, 0.2) is 0 Å². The largest absolute Gasteiger partial charge is 0.326 e. The van der Waals surface area contributed by atoms with E-state index in [2.05, 4.69) is 6.07 Å². The Hall–Kier alpha value is -3.04. The number of nitrogens with zero attached hydrogens (tertiary/aromatic N) is 3. The molecule has 2 aromatic carbocycles. The second-order valence-corrected chi connectivity index (χ2v) is 8.14. The Labute approximate surface area is 175 Å². The van der Waals surface area contributed by atoms with Crippen LogP contribution in [0.5, 0.6) is 0 Å². The van der Waals surface area contributed by atoms with E-state index in [4.69, 9.17) is 0 Å². The molecule has 0 bridgehead atoms. The van der Waals surface area contributed by atoms with Gasteiger partial charge in [-0.3, -0.25) is 9.59 Å². The van der Waals surface area contributed by atoms with E-state index in [-0.39, 0.29) is 17.5 Å². The quantitative estimate of drug-likeness (QED) is 0.576. The van der Waals surface area contributed by atoms with Gasteiger partial charge in [0.1, 0.15) is 11.2 Å². The van der Waals surface area contributed by atoms with Crippen molar-refractivity contribution in [1.82, 2.24) is 9.80 Å². The summed E-state index contributed by atoms with van der Waals surface area (Å²) in [6.07, 6.45) is 4.01. The lowest BCUT2D eigenvalue weighted by Gasteiger charge is -2.45. The predicted molar refractivity (Wildman–Crippen MR) is 115 cm³/mol. The minimum Gasteiger partial charge on any atom is -0.326 e. The third-order valence-electron chi connectivity index (χ3n) is 5.45. The fourth-order valence-electron chi connectivity index (χ4n) is 3.54. The molecule has 2 amide bonds. The summed E-state index contributed by atoms with van der Waals surface area (Å²) in [5, 5.41) is 9.43. The molecule has 0 radical (unpaired) electrons. The van der Waals surface area contributed by atoms with Crippen molar-refractivity contribution < 1.29 is 9.59 Å². The molecule has 2 aromatic rings. The van der Waals surface area contributed by atoms with Crippen molar-refractivity contribution in [2.75, 3.05) is 20.4 Å². The van der Waals surface area contributed by atoms with E-state index in [0.717, 1.165) is 10.5 Å². The highest BCUT2D eigenvalue weighted by Gasteiger charge is 2.48. The molecular formula is C23H23N3O2S. The summed E-state index contributed by atoms with van der Waals surface area (Å²) >= 11 is 1.55. The van der Waals surface area contributed by atoms with Crippen LogP contribution in [0.4, 0.5) is 0 Å². The van der Waals surface area contributed by atoms with Crippen LogP contribution in [0.2, 0.25) is 0 Å². The third-order valence-corrected chi connectivity index (χ3v) is 6.18. The number of likely N-dealkylation sites (N-methyl/N-ethyl adjacent to an activating group) is 2. The molecule has 0 N–H and O–H groups in total. The maximum absolute atomic E-state index is 13.3. The van der Waals surface area contributed by atoms with E-state index in [0.29, 0.717) is 17.5 Å². The van der Waals surface area contributed by atoms with Crippen molar-refractivity contribution in [2.24, 2.45) is 0 Å².